The number of carbonyl (C=O) groups is 1. The summed E-state index contributed by atoms with van der Waals surface area (Å²) in [5.41, 5.74) is -0.00764. The van der Waals surface area contributed by atoms with E-state index in [2.05, 4.69) is 0 Å². The van der Waals surface area contributed by atoms with Crippen LogP contribution in [0, 0.1) is 5.82 Å². The van der Waals surface area contributed by atoms with Crippen LogP contribution in [0.2, 0.25) is 5.02 Å². The fourth-order valence-corrected chi connectivity index (χ4v) is 1.85. The summed E-state index contributed by atoms with van der Waals surface area (Å²) < 4.78 is 24.3. The van der Waals surface area contributed by atoms with Gasteiger partial charge >= 0.3 is 5.97 Å². The van der Waals surface area contributed by atoms with Gasteiger partial charge in [-0.1, -0.05) is 11.6 Å². The summed E-state index contributed by atoms with van der Waals surface area (Å²) in [6, 6.07) is 1.33. The predicted molar refractivity (Wildman–Crippen MR) is 58.5 cm³/mol. The number of aliphatic carboxylic acids is 1. The number of halogens is 2. The summed E-state index contributed by atoms with van der Waals surface area (Å²) in [5.74, 6) is -2.48. The van der Waals surface area contributed by atoms with Crippen LogP contribution in [-0.2, 0) is 4.79 Å². The molecule has 0 spiro atoms. The van der Waals surface area contributed by atoms with Gasteiger partial charge in [-0.15, -0.1) is 0 Å². The molecular weight excluding hydrogens is 251 g/mol. The van der Waals surface area contributed by atoms with E-state index in [1.54, 1.807) is 0 Å². The number of fused-ring (bicyclic) bond motifs is 1. The highest BCUT2D eigenvalue weighted by molar-refractivity contribution is 6.32. The van der Waals surface area contributed by atoms with Crippen molar-refractivity contribution in [3.63, 3.8) is 0 Å². The molecule has 0 saturated heterocycles. The molecule has 0 aromatic heterocycles. The molecule has 2 rings (SSSR count). The minimum Gasteiger partial charge on any atom is -0.486 e. The molecule has 1 atom stereocenters. The first kappa shape index (κ1) is 12.0. The van der Waals surface area contributed by atoms with Crippen LogP contribution in [-0.4, -0.2) is 24.3 Å². The van der Waals surface area contributed by atoms with Gasteiger partial charge in [0.05, 0.1) is 5.92 Å². The van der Waals surface area contributed by atoms with E-state index in [1.807, 2.05) is 0 Å². The van der Waals surface area contributed by atoms with Crippen LogP contribution < -0.4 is 9.47 Å². The third kappa shape index (κ3) is 2.02. The van der Waals surface area contributed by atoms with Crippen LogP contribution >= 0.6 is 11.6 Å². The van der Waals surface area contributed by atoms with Crippen molar-refractivity contribution in [1.29, 1.82) is 0 Å². The first-order valence-electron chi connectivity index (χ1n) is 5.02. The molecule has 0 radical (unpaired) electrons. The Bertz CT molecular complexity index is 475. The second-order valence-electron chi connectivity index (χ2n) is 3.68. The summed E-state index contributed by atoms with van der Waals surface area (Å²) in [6.45, 7) is 2.00. The van der Waals surface area contributed by atoms with Crippen LogP contribution in [0.3, 0.4) is 0 Å². The van der Waals surface area contributed by atoms with Gasteiger partial charge in [-0.05, 0) is 13.0 Å². The Kier molecular flexibility index (Phi) is 3.11. The number of carboxylic acids is 1. The van der Waals surface area contributed by atoms with Crippen LogP contribution in [0.15, 0.2) is 6.07 Å². The highest BCUT2D eigenvalue weighted by Crippen LogP contribution is 2.42. The number of rotatable bonds is 2. The molecule has 0 amide bonds. The first-order valence-corrected chi connectivity index (χ1v) is 5.40. The fourth-order valence-electron chi connectivity index (χ4n) is 1.59. The van der Waals surface area contributed by atoms with Gasteiger partial charge < -0.3 is 14.6 Å². The largest absolute Gasteiger partial charge is 0.486 e. The van der Waals surface area contributed by atoms with Crippen LogP contribution in [0.1, 0.15) is 18.4 Å². The van der Waals surface area contributed by atoms with E-state index < -0.39 is 17.7 Å². The van der Waals surface area contributed by atoms with E-state index in [4.69, 9.17) is 26.2 Å². The lowest BCUT2D eigenvalue weighted by molar-refractivity contribution is -0.138. The van der Waals surface area contributed by atoms with Crippen LogP contribution in [0.4, 0.5) is 4.39 Å². The van der Waals surface area contributed by atoms with Crippen molar-refractivity contribution in [1.82, 2.24) is 0 Å². The minimum atomic E-state index is -1.13. The fraction of sp³-hybridized carbons (Fsp3) is 0.364. The summed E-state index contributed by atoms with van der Waals surface area (Å²) in [6.07, 6.45) is 0. The number of ether oxygens (including phenoxy) is 2. The zero-order valence-electron chi connectivity index (χ0n) is 9.00. The Labute approximate surface area is 102 Å². The number of hydrogen-bond donors (Lipinski definition) is 1. The van der Waals surface area contributed by atoms with Gasteiger partial charge in [-0.3, -0.25) is 4.79 Å². The molecule has 1 aromatic carbocycles. The third-order valence-corrected chi connectivity index (χ3v) is 2.92. The topological polar surface area (TPSA) is 55.8 Å². The summed E-state index contributed by atoms with van der Waals surface area (Å²) in [5, 5.41) is 8.64. The zero-order chi connectivity index (χ0) is 12.6. The standard InChI is InChI=1S/C11H10ClFO4/c1-5(11(14)15)6-4-7-10(8(12)9(6)13)17-3-2-16-7/h4-5H,2-3H2,1H3,(H,14,15). The lowest BCUT2D eigenvalue weighted by Crippen LogP contribution is -2.18. The maximum atomic E-state index is 13.9. The Morgan fingerprint density at radius 3 is 2.82 bits per heavy atom. The summed E-state index contributed by atoms with van der Waals surface area (Å²) >= 11 is 5.79. The molecule has 4 nitrogen and oxygen atoms in total. The Morgan fingerprint density at radius 1 is 1.53 bits per heavy atom. The van der Waals surface area contributed by atoms with Gasteiger partial charge in [0.1, 0.15) is 24.1 Å². The average Bonchev–Trinajstić information content (AvgIpc) is 2.33. The summed E-state index contributed by atoms with van der Waals surface area (Å²) in [7, 11) is 0. The molecule has 1 unspecified atom stereocenters. The van der Waals surface area contributed by atoms with Gasteiger partial charge in [0.15, 0.2) is 11.5 Å². The molecular formula is C11H10ClFO4. The molecule has 92 valence electrons. The predicted octanol–water partition coefficient (Wildman–Crippen LogP) is 2.44. The van der Waals surface area contributed by atoms with Crippen molar-refractivity contribution in [2.24, 2.45) is 0 Å². The van der Waals surface area contributed by atoms with E-state index >= 15 is 0 Å². The molecule has 1 aliphatic rings. The van der Waals surface area contributed by atoms with Gasteiger partial charge in [-0.2, -0.15) is 0 Å². The lowest BCUT2D eigenvalue weighted by atomic mass is 10.00. The molecule has 1 N–H and O–H groups in total. The van der Waals surface area contributed by atoms with Crippen LogP contribution in [0.25, 0.3) is 0 Å². The minimum absolute atomic E-state index is 0.00764. The van der Waals surface area contributed by atoms with Crippen molar-refractivity contribution in [2.75, 3.05) is 13.2 Å². The molecule has 6 heteroatoms. The smallest absolute Gasteiger partial charge is 0.310 e. The summed E-state index contributed by atoms with van der Waals surface area (Å²) in [4.78, 5) is 10.8. The van der Waals surface area contributed by atoms with E-state index in [0.29, 0.717) is 13.2 Å². The molecule has 1 aliphatic heterocycles. The molecule has 0 bridgehead atoms. The Hall–Kier alpha value is -1.49. The normalized spacial score (nSPS) is 15.5. The number of benzene rings is 1. The molecule has 0 fully saturated rings. The second-order valence-corrected chi connectivity index (χ2v) is 4.06. The maximum Gasteiger partial charge on any atom is 0.310 e. The van der Waals surface area contributed by atoms with Crippen molar-refractivity contribution < 1.29 is 23.8 Å². The average molecular weight is 261 g/mol. The van der Waals surface area contributed by atoms with Crippen molar-refractivity contribution in [3.05, 3.63) is 22.5 Å². The van der Waals surface area contributed by atoms with Crippen LogP contribution in [0.5, 0.6) is 11.5 Å². The van der Waals surface area contributed by atoms with Crippen molar-refractivity contribution in [2.45, 2.75) is 12.8 Å². The molecule has 1 aromatic rings. The second kappa shape index (κ2) is 4.41. The quantitative estimate of drug-likeness (QED) is 0.887. The SMILES string of the molecule is CC(C(=O)O)c1cc2c(c(Cl)c1F)OCCO2. The number of hydrogen-bond acceptors (Lipinski definition) is 3. The zero-order valence-corrected chi connectivity index (χ0v) is 9.75. The Morgan fingerprint density at radius 2 is 2.18 bits per heavy atom. The van der Waals surface area contributed by atoms with E-state index in [9.17, 15) is 9.18 Å². The Balaban J connectivity index is 2.55. The van der Waals surface area contributed by atoms with E-state index in [1.165, 1.54) is 13.0 Å². The van der Waals surface area contributed by atoms with Gasteiger partial charge in [0, 0.05) is 5.56 Å². The maximum absolute atomic E-state index is 13.9. The molecule has 0 saturated carbocycles. The van der Waals surface area contributed by atoms with Crippen molar-refractivity contribution >= 4 is 17.6 Å². The van der Waals surface area contributed by atoms with Gasteiger partial charge in [-0.25, -0.2) is 4.39 Å². The monoisotopic (exact) mass is 260 g/mol. The number of carboxylic acid groups (broad SMARTS) is 1. The first-order chi connectivity index (χ1) is 8.02. The lowest BCUT2D eigenvalue weighted by Gasteiger charge is -2.21. The van der Waals surface area contributed by atoms with Gasteiger partial charge in [0.25, 0.3) is 0 Å². The molecule has 17 heavy (non-hydrogen) atoms. The van der Waals surface area contributed by atoms with E-state index in [-0.39, 0.29) is 22.1 Å². The van der Waals surface area contributed by atoms with E-state index in [0.717, 1.165) is 0 Å². The molecule has 0 aliphatic carbocycles. The highest BCUT2D eigenvalue weighted by Gasteiger charge is 2.26. The highest BCUT2D eigenvalue weighted by atomic mass is 35.5. The van der Waals surface area contributed by atoms with Crippen molar-refractivity contribution in [3.8, 4) is 11.5 Å². The molecule has 1 heterocycles. The van der Waals surface area contributed by atoms with Gasteiger partial charge in [0.2, 0.25) is 0 Å². The third-order valence-electron chi connectivity index (χ3n) is 2.58.